The molecule has 0 bridgehead atoms. The molecule has 34 heavy (non-hydrogen) atoms. The van der Waals surface area contributed by atoms with Gasteiger partial charge < -0.3 is 14.4 Å². The summed E-state index contributed by atoms with van der Waals surface area (Å²) in [6, 6.07) is 21.0. The average Bonchev–Trinajstić information content (AvgIpc) is 2.85. The van der Waals surface area contributed by atoms with Crippen molar-refractivity contribution in [3.63, 3.8) is 0 Å². The van der Waals surface area contributed by atoms with E-state index in [0.29, 0.717) is 23.7 Å². The van der Waals surface area contributed by atoms with Crippen molar-refractivity contribution in [1.82, 2.24) is 0 Å². The highest BCUT2D eigenvalue weighted by Crippen LogP contribution is 2.26. The van der Waals surface area contributed by atoms with Gasteiger partial charge in [0.2, 0.25) is 0 Å². The van der Waals surface area contributed by atoms with Crippen LogP contribution in [0.3, 0.4) is 0 Å². The molecular formula is C25H26N2O6S. The van der Waals surface area contributed by atoms with Crippen LogP contribution in [0.25, 0.3) is 0 Å². The number of rotatable bonds is 9. The van der Waals surface area contributed by atoms with Gasteiger partial charge in [-0.2, -0.15) is 0 Å². The Kier molecular flexibility index (Phi) is 7.91. The van der Waals surface area contributed by atoms with Gasteiger partial charge in [0.25, 0.3) is 15.9 Å². The molecule has 3 aromatic rings. The smallest absolute Gasteiger partial charge is 0.338 e. The van der Waals surface area contributed by atoms with Crippen molar-refractivity contribution >= 4 is 33.3 Å². The van der Waals surface area contributed by atoms with Gasteiger partial charge in [-0.15, -0.1) is 0 Å². The van der Waals surface area contributed by atoms with Crippen molar-refractivity contribution in [3.05, 3.63) is 84.4 Å². The first-order valence-corrected chi connectivity index (χ1v) is 12.1. The topological polar surface area (TPSA) is 102 Å². The molecule has 0 saturated carbocycles. The monoisotopic (exact) mass is 482 g/mol. The lowest BCUT2D eigenvalue weighted by atomic mass is 10.2. The normalized spacial score (nSPS) is 11.9. The highest BCUT2D eigenvalue weighted by molar-refractivity contribution is 7.92. The van der Waals surface area contributed by atoms with Gasteiger partial charge in [-0.1, -0.05) is 30.3 Å². The van der Waals surface area contributed by atoms with E-state index in [0.717, 1.165) is 0 Å². The fourth-order valence-electron chi connectivity index (χ4n) is 3.27. The second kappa shape index (κ2) is 10.8. The average molecular weight is 483 g/mol. The number of methoxy groups -OCH3 is 1. The van der Waals surface area contributed by atoms with Gasteiger partial charge in [0.05, 0.1) is 23.3 Å². The minimum Gasteiger partial charge on any atom is -0.495 e. The molecule has 8 nitrogen and oxygen atoms in total. The van der Waals surface area contributed by atoms with Gasteiger partial charge >= 0.3 is 5.97 Å². The van der Waals surface area contributed by atoms with Crippen LogP contribution in [0.5, 0.6) is 5.75 Å². The molecule has 0 fully saturated rings. The number of hydrogen-bond donors (Lipinski definition) is 1. The fourth-order valence-corrected chi connectivity index (χ4v) is 4.35. The highest BCUT2D eigenvalue weighted by Gasteiger charge is 2.25. The number of sulfonamides is 1. The molecule has 1 N–H and O–H groups in total. The highest BCUT2D eigenvalue weighted by atomic mass is 32.2. The number of nitrogens with one attached hydrogen (secondary N) is 1. The van der Waals surface area contributed by atoms with Crippen molar-refractivity contribution in [2.75, 3.05) is 23.3 Å². The van der Waals surface area contributed by atoms with E-state index in [1.165, 1.54) is 43.2 Å². The van der Waals surface area contributed by atoms with Gasteiger partial charge in [0.15, 0.2) is 6.10 Å². The molecule has 0 aliphatic carbocycles. The van der Waals surface area contributed by atoms with Crippen LogP contribution in [0.15, 0.2) is 83.8 Å². The van der Waals surface area contributed by atoms with Gasteiger partial charge in [0, 0.05) is 12.2 Å². The largest absolute Gasteiger partial charge is 0.495 e. The molecule has 0 aromatic heterocycles. The number of hydrogen-bond acceptors (Lipinski definition) is 6. The third-order valence-corrected chi connectivity index (χ3v) is 6.41. The number of nitrogens with zero attached hydrogens (tertiary/aromatic N) is 1. The Morgan fingerprint density at radius 2 is 1.56 bits per heavy atom. The molecule has 9 heteroatoms. The molecule has 0 radical (unpaired) electrons. The number of amides is 1. The molecule has 0 aliphatic rings. The second-order valence-corrected chi connectivity index (χ2v) is 8.98. The summed E-state index contributed by atoms with van der Waals surface area (Å²) >= 11 is 0. The molecule has 178 valence electrons. The van der Waals surface area contributed by atoms with Gasteiger partial charge in [-0.05, 0) is 62.4 Å². The summed E-state index contributed by atoms with van der Waals surface area (Å²) in [5, 5.41) is 0. The minimum atomic E-state index is -3.91. The van der Waals surface area contributed by atoms with E-state index in [1.54, 1.807) is 36.4 Å². The number of carbonyl (C=O) groups excluding carboxylic acids is 2. The summed E-state index contributed by atoms with van der Waals surface area (Å²) in [5.41, 5.74) is 1.12. The number of carbonyl (C=O) groups is 2. The Hall–Kier alpha value is -3.85. The number of esters is 1. The summed E-state index contributed by atoms with van der Waals surface area (Å²) in [7, 11) is -2.47. The first-order valence-electron chi connectivity index (χ1n) is 10.6. The van der Waals surface area contributed by atoms with Crippen LogP contribution >= 0.6 is 0 Å². The Balaban J connectivity index is 1.69. The van der Waals surface area contributed by atoms with Crippen molar-refractivity contribution in [3.8, 4) is 5.75 Å². The zero-order valence-corrected chi connectivity index (χ0v) is 19.9. The van der Waals surface area contributed by atoms with Gasteiger partial charge in [0.1, 0.15) is 5.75 Å². The summed E-state index contributed by atoms with van der Waals surface area (Å²) in [4.78, 5) is 26.9. The number of anilines is 2. The van der Waals surface area contributed by atoms with Crippen molar-refractivity contribution in [1.29, 1.82) is 0 Å². The Morgan fingerprint density at radius 1 is 0.941 bits per heavy atom. The fraction of sp³-hybridized carbons (Fsp3) is 0.200. The molecule has 0 saturated heterocycles. The molecule has 0 spiro atoms. The number of ether oxygens (including phenoxy) is 2. The van der Waals surface area contributed by atoms with Crippen molar-refractivity contribution in [2.45, 2.75) is 24.8 Å². The van der Waals surface area contributed by atoms with Crippen LogP contribution in [0.4, 0.5) is 11.4 Å². The van der Waals surface area contributed by atoms with Gasteiger partial charge in [-0.25, -0.2) is 13.2 Å². The maximum absolute atomic E-state index is 12.8. The lowest BCUT2D eigenvalue weighted by Gasteiger charge is -2.24. The molecular weight excluding hydrogens is 456 g/mol. The second-order valence-electron chi connectivity index (χ2n) is 7.30. The van der Waals surface area contributed by atoms with Crippen LogP contribution < -0.4 is 14.4 Å². The number of para-hydroxylation sites is 3. The Morgan fingerprint density at radius 3 is 2.18 bits per heavy atom. The van der Waals surface area contributed by atoms with E-state index in [4.69, 9.17) is 9.47 Å². The quantitative estimate of drug-likeness (QED) is 0.461. The molecule has 0 aliphatic heterocycles. The van der Waals surface area contributed by atoms with Gasteiger partial charge in [-0.3, -0.25) is 9.52 Å². The molecule has 0 heterocycles. The van der Waals surface area contributed by atoms with Crippen LogP contribution in [-0.2, 0) is 19.6 Å². The minimum absolute atomic E-state index is 0.0414. The molecule has 0 unspecified atom stereocenters. The maximum Gasteiger partial charge on any atom is 0.338 e. The summed E-state index contributed by atoms with van der Waals surface area (Å²) in [6.07, 6.45) is -1.02. The summed E-state index contributed by atoms with van der Waals surface area (Å²) < 4.78 is 38.4. The third kappa shape index (κ3) is 5.74. The zero-order valence-electron chi connectivity index (χ0n) is 19.1. The SMILES string of the molecule is CCN(C(=O)[C@@H](C)OC(=O)c1ccc(S(=O)(=O)Nc2ccccc2OC)cc1)c1ccccc1. The lowest BCUT2D eigenvalue weighted by Crippen LogP contribution is -2.40. The molecule has 3 rings (SSSR count). The lowest BCUT2D eigenvalue weighted by molar-refractivity contribution is -0.126. The van der Waals surface area contributed by atoms with E-state index < -0.39 is 22.1 Å². The predicted octanol–water partition coefficient (Wildman–Crippen LogP) is 4.09. The molecule has 3 aromatic carbocycles. The molecule has 1 atom stereocenters. The van der Waals surface area contributed by atoms with E-state index in [2.05, 4.69) is 4.72 Å². The van der Waals surface area contributed by atoms with Crippen molar-refractivity contribution in [2.24, 2.45) is 0 Å². The zero-order chi connectivity index (χ0) is 24.7. The summed E-state index contributed by atoms with van der Waals surface area (Å²) in [5.74, 6) is -0.713. The molecule has 1 amide bonds. The third-order valence-electron chi connectivity index (χ3n) is 5.03. The van der Waals surface area contributed by atoms with E-state index >= 15 is 0 Å². The van der Waals surface area contributed by atoms with Crippen LogP contribution in [0.1, 0.15) is 24.2 Å². The summed E-state index contributed by atoms with van der Waals surface area (Å²) in [6.45, 7) is 3.75. The first-order chi connectivity index (χ1) is 16.3. The van der Waals surface area contributed by atoms with E-state index in [-0.39, 0.29) is 16.4 Å². The van der Waals surface area contributed by atoms with Crippen molar-refractivity contribution < 1.29 is 27.5 Å². The van der Waals surface area contributed by atoms with Crippen LogP contribution in [0, 0.1) is 0 Å². The van der Waals surface area contributed by atoms with E-state index in [9.17, 15) is 18.0 Å². The number of likely N-dealkylation sites (N-methyl/N-ethyl adjacent to an activating group) is 1. The number of benzene rings is 3. The maximum atomic E-state index is 12.8. The van der Waals surface area contributed by atoms with E-state index in [1.807, 2.05) is 25.1 Å². The van der Waals surface area contributed by atoms with Crippen LogP contribution in [-0.4, -0.2) is 40.1 Å². The Labute approximate surface area is 199 Å². The Bertz CT molecular complexity index is 1240. The predicted molar refractivity (Wildman–Crippen MR) is 130 cm³/mol. The van der Waals surface area contributed by atoms with Crippen LogP contribution in [0.2, 0.25) is 0 Å². The first kappa shape index (κ1) is 24.8. The standard InChI is InChI=1S/C25H26N2O6S/c1-4-27(20-10-6-5-7-11-20)24(28)18(2)33-25(29)19-14-16-21(17-15-19)34(30,31)26-22-12-8-9-13-23(22)32-3/h5-18,26H,4H2,1-3H3/t18-/m1/s1.